The molecule has 23 nitrogen and oxygen atoms in total. The Kier molecular flexibility index (Phi) is 17.8. The first kappa shape index (κ1) is 45.8. The Balaban J connectivity index is 2.12. The maximum Gasteiger partial charge on any atom is 0.469 e. The summed E-state index contributed by atoms with van der Waals surface area (Å²) in [6, 6.07) is -2.18. The first-order valence-corrected chi connectivity index (χ1v) is 19.3. The molecule has 0 spiro atoms. The Morgan fingerprint density at radius 1 is 0.852 bits per heavy atom. The van der Waals surface area contributed by atoms with Crippen LogP contribution in [-0.4, -0.2) is 128 Å². The van der Waals surface area contributed by atoms with Crippen molar-refractivity contribution in [2.45, 2.75) is 82.4 Å². The molecule has 1 aliphatic heterocycles. The zero-order valence-electron chi connectivity index (χ0n) is 29.3. The van der Waals surface area contributed by atoms with Gasteiger partial charge in [0.25, 0.3) is 0 Å². The predicted molar refractivity (Wildman–Crippen MR) is 183 cm³/mol. The van der Waals surface area contributed by atoms with Crippen molar-refractivity contribution in [1.29, 1.82) is 0 Å². The number of hydrogen-bond donors (Lipinski definition) is 12. The number of phenols is 1. The molecule has 1 aromatic carbocycles. The molecular weight excluding hydrogens is 764 g/mol. The molecule has 1 fully saturated rings. The van der Waals surface area contributed by atoms with Gasteiger partial charge in [0.1, 0.15) is 36.2 Å². The summed E-state index contributed by atoms with van der Waals surface area (Å²) in [5.74, 6) is -5.82. The van der Waals surface area contributed by atoms with Crippen LogP contribution in [0.4, 0.5) is 0 Å². The van der Waals surface area contributed by atoms with E-state index in [4.69, 9.17) is 9.79 Å². The number of rotatable bonds is 21. The number of aldehydes is 1. The average Bonchev–Trinajstić information content (AvgIpc) is 3.62. The molecule has 1 aromatic rings. The SMILES string of the molecule is C[C@H](NC(=O)[C@H](Cc1ccc(O)cc1)NC(=O)[C@@H]1CCCN1)C(=O)NCC(=O)N[C@@H](COP(=O)(O)O)C(=O)N[C@H](C(=O)N[C@@H](C)C=O)[C@@H](C)OP(=O)(O)O. The molecule has 0 aromatic heterocycles. The second kappa shape index (κ2) is 21.0. The largest absolute Gasteiger partial charge is 0.508 e. The number of carbonyl (C=O) groups is 7. The molecule has 7 atom stereocenters. The van der Waals surface area contributed by atoms with Crippen LogP contribution in [0.25, 0.3) is 0 Å². The molecule has 25 heteroatoms. The van der Waals surface area contributed by atoms with Crippen molar-refractivity contribution in [3.63, 3.8) is 0 Å². The highest BCUT2D eigenvalue weighted by atomic mass is 31.2. The molecule has 0 bridgehead atoms. The maximum absolute atomic E-state index is 13.3. The molecule has 12 N–H and O–H groups in total. The van der Waals surface area contributed by atoms with Gasteiger partial charge in [-0.1, -0.05) is 12.1 Å². The lowest BCUT2D eigenvalue weighted by molar-refractivity contribution is -0.135. The highest BCUT2D eigenvalue weighted by molar-refractivity contribution is 7.46. The van der Waals surface area contributed by atoms with Crippen LogP contribution in [0.1, 0.15) is 39.2 Å². The highest BCUT2D eigenvalue weighted by Gasteiger charge is 2.36. The number of amides is 6. The van der Waals surface area contributed by atoms with E-state index in [0.717, 1.165) is 13.3 Å². The van der Waals surface area contributed by atoms with E-state index in [9.17, 15) is 57.6 Å². The minimum atomic E-state index is -5.26. The summed E-state index contributed by atoms with van der Waals surface area (Å²) in [5, 5.41) is 26.1. The van der Waals surface area contributed by atoms with Crippen LogP contribution in [0.5, 0.6) is 5.75 Å². The van der Waals surface area contributed by atoms with Gasteiger partial charge in [0, 0.05) is 6.42 Å². The number of nitrogens with one attached hydrogen (secondary N) is 7. The van der Waals surface area contributed by atoms with Gasteiger partial charge in [0.05, 0.1) is 31.3 Å². The Bertz CT molecular complexity index is 1600. The summed E-state index contributed by atoms with van der Waals surface area (Å²) < 4.78 is 31.5. The van der Waals surface area contributed by atoms with Crippen molar-refractivity contribution in [2.75, 3.05) is 19.7 Å². The van der Waals surface area contributed by atoms with E-state index in [0.29, 0.717) is 24.8 Å². The average molecular weight is 810 g/mol. The molecule has 302 valence electrons. The Morgan fingerprint density at radius 3 is 2.04 bits per heavy atom. The predicted octanol–water partition coefficient (Wildman–Crippen LogP) is -3.93. The maximum atomic E-state index is 13.3. The van der Waals surface area contributed by atoms with Gasteiger partial charge in [-0.3, -0.25) is 37.8 Å². The van der Waals surface area contributed by atoms with E-state index >= 15 is 0 Å². The van der Waals surface area contributed by atoms with Gasteiger partial charge in [-0.05, 0) is 57.9 Å². The molecular formula is C29H45N7O16P2. The zero-order valence-corrected chi connectivity index (χ0v) is 31.1. The summed E-state index contributed by atoms with van der Waals surface area (Å²) in [6.45, 7) is 2.01. The third kappa shape index (κ3) is 16.8. The second-order valence-corrected chi connectivity index (χ2v) is 14.6. The quantitative estimate of drug-likeness (QED) is 0.0417. The third-order valence-corrected chi connectivity index (χ3v) is 8.64. The van der Waals surface area contributed by atoms with Crippen molar-refractivity contribution in [1.82, 2.24) is 37.2 Å². The van der Waals surface area contributed by atoms with Crippen LogP contribution in [0.2, 0.25) is 0 Å². The fourth-order valence-corrected chi connectivity index (χ4v) is 5.73. The van der Waals surface area contributed by atoms with Crippen molar-refractivity contribution in [3.8, 4) is 5.75 Å². The van der Waals surface area contributed by atoms with Gasteiger partial charge in [0.15, 0.2) is 0 Å². The molecule has 0 saturated carbocycles. The first-order valence-electron chi connectivity index (χ1n) is 16.3. The standard InChI is InChI=1S/C29H45N7O16P2/c1-15(13-37)32-29(44)24(17(3)52-54(48,49)50)36-28(43)22(14-51-53(45,46)47)34-23(39)12-31-25(40)16(2)33-27(42)21(11-18-6-8-19(38)9-7-18)35-26(41)20-5-4-10-30-20/h6-9,13,15-17,20-22,24,30,38H,4-5,10-12,14H2,1-3H3,(H,31,40)(H,32,44)(H,33,42)(H,34,39)(H,35,41)(H,36,43)(H2,45,46,47)(H2,48,49,50)/t15-,16-,17+,20-,21-,22-,24-/m0/s1. The van der Waals surface area contributed by atoms with Crippen LogP contribution in [0, 0.1) is 0 Å². The van der Waals surface area contributed by atoms with Crippen molar-refractivity contribution < 1.29 is 76.4 Å². The van der Waals surface area contributed by atoms with Crippen molar-refractivity contribution in [2.24, 2.45) is 0 Å². The number of carbonyl (C=O) groups excluding carboxylic acids is 7. The third-order valence-electron chi connectivity index (χ3n) is 7.55. The molecule has 1 aliphatic rings. The topological polar surface area (TPSA) is 357 Å². The number of phosphoric acid groups is 2. The lowest BCUT2D eigenvalue weighted by Crippen LogP contribution is -2.60. The molecule has 6 amide bonds. The van der Waals surface area contributed by atoms with E-state index < -0.39 is 107 Å². The highest BCUT2D eigenvalue weighted by Crippen LogP contribution is 2.38. The Hall–Kier alpha value is -4.31. The summed E-state index contributed by atoms with van der Waals surface area (Å²) in [4.78, 5) is 125. The molecule has 0 radical (unpaired) electrons. The fraction of sp³-hybridized carbons (Fsp3) is 0.552. The van der Waals surface area contributed by atoms with E-state index in [-0.39, 0.29) is 12.2 Å². The van der Waals surface area contributed by atoms with Crippen LogP contribution in [-0.2, 0) is 58.2 Å². The Morgan fingerprint density at radius 2 is 1.48 bits per heavy atom. The van der Waals surface area contributed by atoms with Crippen LogP contribution in [0.15, 0.2) is 24.3 Å². The smallest absolute Gasteiger partial charge is 0.469 e. The van der Waals surface area contributed by atoms with E-state index in [1.54, 1.807) is 12.1 Å². The van der Waals surface area contributed by atoms with Crippen LogP contribution >= 0.6 is 15.6 Å². The number of benzene rings is 1. The zero-order chi connectivity index (χ0) is 40.8. The van der Waals surface area contributed by atoms with Gasteiger partial charge in [-0.15, -0.1) is 0 Å². The van der Waals surface area contributed by atoms with Gasteiger partial charge in [-0.2, -0.15) is 0 Å². The normalized spacial score (nSPS) is 17.7. The molecule has 2 rings (SSSR count). The second-order valence-electron chi connectivity index (χ2n) is 12.2. The number of phenolic OH excluding ortho intramolecular Hbond substituents is 1. The molecule has 1 saturated heterocycles. The lowest BCUT2D eigenvalue weighted by atomic mass is 10.0. The van der Waals surface area contributed by atoms with E-state index in [1.165, 1.54) is 26.0 Å². The van der Waals surface area contributed by atoms with E-state index in [2.05, 4.69) is 35.6 Å². The Labute approximate surface area is 308 Å². The first-order chi connectivity index (χ1) is 25.1. The van der Waals surface area contributed by atoms with Crippen molar-refractivity contribution >= 4 is 57.4 Å². The van der Waals surface area contributed by atoms with Crippen molar-refractivity contribution in [3.05, 3.63) is 29.8 Å². The summed E-state index contributed by atoms with van der Waals surface area (Å²) >= 11 is 0. The lowest BCUT2D eigenvalue weighted by Gasteiger charge is -2.27. The van der Waals surface area contributed by atoms with Gasteiger partial charge in [-0.25, -0.2) is 9.13 Å². The number of aromatic hydroxyl groups is 1. The number of phosphoric ester groups is 2. The number of hydrogen-bond acceptors (Lipinski definition) is 13. The molecule has 0 aliphatic carbocycles. The van der Waals surface area contributed by atoms with Crippen LogP contribution in [0.3, 0.4) is 0 Å². The summed E-state index contributed by atoms with van der Waals surface area (Å²) in [5.41, 5.74) is 0.578. The van der Waals surface area contributed by atoms with Crippen LogP contribution < -0.4 is 37.2 Å². The fourth-order valence-electron chi connectivity index (χ4n) is 4.83. The molecule has 0 unspecified atom stereocenters. The van der Waals surface area contributed by atoms with E-state index in [1.807, 2.05) is 10.6 Å². The van der Waals surface area contributed by atoms with Gasteiger partial charge < -0.3 is 66.7 Å². The minimum absolute atomic E-state index is 0.00963. The molecule has 54 heavy (non-hydrogen) atoms. The minimum Gasteiger partial charge on any atom is -0.508 e. The molecule has 1 heterocycles. The summed E-state index contributed by atoms with van der Waals surface area (Å²) in [7, 11) is -10.5. The summed E-state index contributed by atoms with van der Waals surface area (Å²) in [6.07, 6.45) is -0.172. The van der Waals surface area contributed by atoms with Gasteiger partial charge >= 0.3 is 15.6 Å². The van der Waals surface area contributed by atoms with Gasteiger partial charge in [0.2, 0.25) is 35.4 Å². The monoisotopic (exact) mass is 809 g/mol.